The number of nitrogens with zero attached hydrogens (tertiary/aromatic N) is 2. The van der Waals surface area contributed by atoms with Gasteiger partial charge < -0.3 is 4.74 Å². The second kappa shape index (κ2) is 6.33. The van der Waals surface area contributed by atoms with Crippen molar-refractivity contribution in [1.29, 1.82) is 0 Å². The van der Waals surface area contributed by atoms with Crippen LogP contribution >= 0.6 is 0 Å². The zero-order valence-corrected chi connectivity index (χ0v) is 15.2. The highest BCUT2D eigenvalue weighted by atomic mass is 16.6. The van der Waals surface area contributed by atoms with Gasteiger partial charge in [0.15, 0.2) is 0 Å². The number of para-hydroxylation sites is 1. The summed E-state index contributed by atoms with van der Waals surface area (Å²) < 4.78 is 4.86. The van der Waals surface area contributed by atoms with E-state index in [-0.39, 0.29) is 6.04 Å². The van der Waals surface area contributed by atoms with Gasteiger partial charge in [-0.05, 0) is 51.5 Å². The molecule has 0 saturated carbocycles. The number of cyclic esters (lactones) is 2. The standard InChI is InChI=1S/C20H22N2O3/c1-12(2)17-18(20(24)25-19(17)23)14(4)16-11-13(3)22(21(16)5)15-9-7-6-8-10-15/h6-11,16H,1-5H3/b18-14+. The van der Waals surface area contributed by atoms with Crippen molar-refractivity contribution in [1.82, 2.24) is 5.01 Å². The molecule has 0 aromatic heterocycles. The molecule has 0 N–H and O–H groups in total. The van der Waals surface area contributed by atoms with Crippen LogP contribution in [0.1, 0.15) is 27.7 Å². The maximum atomic E-state index is 12.2. The minimum absolute atomic E-state index is 0.122. The molecule has 1 saturated heterocycles. The highest BCUT2D eigenvalue weighted by molar-refractivity contribution is 6.19. The smallest absolute Gasteiger partial charge is 0.346 e. The second-order valence-corrected chi connectivity index (χ2v) is 6.58. The highest BCUT2D eigenvalue weighted by Crippen LogP contribution is 2.35. The summed E-state index contributed by atoms with van der Waals surface area (Å²) in [5, 5.41) is 4.16. The van der Waals surface area contributed by atoms with E-state index in [9.17, 15) is 9.59 Å². The quantitative estimate of drug-likeness (QED) is 0.470. The van der Waals surface area contributed by atoms with Gasteiger partial charge in [0, 0.05) is 12.7 Å². The largest absolute Gasteiger partial charge is 0.386 e. The van der Waals surface area contributed by atoms with E-state index < -0.39 is 11.9 Å². The molecule has 5 nitrogen and oxygen atoms in total. The molecule has 1 aromatic carbocycles. The summed E-state index contributed by atoms with van der Waals surface area (Å²) in [6.45, 7) is 7.55. The number of rotatable bonds is 2. The van der Waals surface area contributed by atoms with Crippen molar-refractivity contribution in [2.45, 2.75) is 33.7 Å². The molecule has 2 aliphatic rings. The van der Waals surface area contributed by atoms with E-state index in [0.717, 1.165) is 22.5 Å². The van der Waals surface area contributed by atoms with Crippen LogP contribution in [0.2, 0.25) is 0 Å². The molecule has 0 aliphatic carbocycles. The van der Waals surface area contributed by atoms with E-state index in [1.54, 1.807) is 0 Å². The molecule has 0 bridgehead atoms. The first kappa shape index (κ1) is 17.2. The summed E-state index contributed by atoms with van der Waals surface area (Å²) in [6.07, 6.45) is 2.09. The Hall–Kier alpha value is -2.66. The van der Waals surface area contributed by atoms with Gasteiger partial charge >= 0.3 is 11.9 Å². The van der Waals surface area contributed by atoms with Crippen molar-refractivity contribution in [3.8, 4) is 0 Å². The lowest BCUT2D eigenvalue weighted by Gasteiger charge is -2.32. The van der Waals surface area contributed by atoms with Gasteiger partial charge in [-0.3, -0.25) is 5.01 Å². The van der Waals surface area contributed by atoms with Crippen LogP contribution in [0.3, 0.4) is 0 Å². The Bertz CT molecular complexity index is 830. The first-order valence-corrected chi connectivity index (χ1v) is 8.24. The predicted octanol–water partition coefficient (Wildman–Crippen LogP) is 3.36. The number of hydrogen-bond acceptors (Lipinski definition) is 5. The molecule has 1 fully saturated rings. The number of likely N-dealkylation sites (N-methyl/N-ethyl adjacent to an activating group) is 1. The van der Waals surface area contributed by atoms with Gasteiger partial charge in [-0.25, -0.2) is 14.6 Å². The molecule has 2 heterocycles. The van der Waals surface area contributed by atoms with E-state index >= 15 is 0 Å². The average Bonchev–Trinajstić information content (AvgIpc) is 3.03. The second-order valence-electron chi connectivity index (χ2n) is 6.58. The van der Waals surface area contributed by atoms with Gasteiger partial charge in [-0.1, -0.05) is 23.8 Å². The number of ether oxygens (including phenoxy) is 1. The maximum absolute atomic E-state index is 12.2. The minimum Gasteiger partial charge on any atom is -0.386 e. The zero-order chi connectivity index (χ0) is 18.3. The number of esters is 2. The molecule has 2 aliphatic heterocycles. The molecule has 1 aromatic rings. The summed E-state index contributed by atoms with van der Waals surface area (Å²) >= 11 is 0. The van der Waals surface area contributed by atoms with Crippen molar-refractivity contribution < 1.29 is 14.3 Å². The van der Waals surface area contributed by atoms with Crippen molar-refractivity contribution in [2.75, 3.05) is 12.1 Å². The highest BCUT2D eigenvalue weighted by Gasteiger charge is 2.39. The fourth-order valence-electron chi connectivity index (χ4n) is 3.49. The third-order valence-corrected chi connectivity index (χ3v) is 4.63. The Balaban J connectivity index is 2.04. The first-order chi connectivity index (χ1) is 11.8. The van der Waals surface area contributed by atoms with Crippen molar-refractivity contribution in [2.24, 2.45) is 0 Å². The van der Waals surface area contributed by atoms with Crippen LogP contribution in [0.5, 0.6) is 0 Å². The van der Waals surface area contributed by atoms with E-state index in [2.05, 4.69) is 16.1 Å². The maximum Gasteiger partial charge on any atom is 0.346 e. The Morgan fingerprint density at radius 3 is 2.20 bits per heavy atom. The molecule has 1 unspecified atom stereocenters. The summed E-state index contributed by atoms with van der Waals surface area (Å²) in [6, 6.07) is 9.90. The van der Waals surface area contributed by atoms with Gasteiger partial charge in [0.1, 0.15) is 0 Å². The summed E-state index contributed by atoms with van der Waals surface area (Å²) in [7, 11) is 1.97. The van der Waals surface area contributed by atoms with Crippen LogP contribution in [0.15, 0.2) is 64.4 Å². The molecular weight excluding hydrogens is 316 g/mol. The van der Waals surface area contributed by atoms with E-state index in [1.807, 2.05) is 65.1 Å². The van der Waals surface area contributed by atoms with Gasteiger partial charge in [0.25, 0.3) is 0 Å². The van der Waals surface area contributed by atoms with Gasteiger partial charge in [-0.15, -0.1) is 0 Å². The van der Waals surface area contributed by atoms with Crippen molar-refractivity contribution in [3.05, 3.63) is 64.4 Å². The molecule has 5 heteroatoms. The van der Waals surface area contributed by atoms with Gasteiger partial charge in [-0.2, -0.15) is 0 Å². The lowest BCUT2D eigenvalue weighted by atomic mass is 9.95. The summed E-state index contributed by atoms with van der Waals surface area (Å²) in [4.78, 5) is 24.3. The number of hydrazine groups is 1. The number of allylic oxidation sites excluding steroid dienone is 2. The molecule has 0 radical (unpaired) electrons. The van der Waals surface area contributed by atoms with Crippen LogP contribution in [-0.4, -0.2) is 30.0 Å². The Morgan fingerprint density at radius 1 is 1.00 bits per heavy atom. The minimum atomic E-state index is -0.559. The number of carbonyl (C=O) groups is 2. The third-order valence-electron chi connectivity index (χ3n) is 4.63. The van der Waals surface area contributed by atoms with Crippen LogP contribution in [0, 0.1) is 0 Å². The topological polar surface area (TPSA) is 49.9 Å². The molecule has 25 heavy (non-hydrogen) atoms. The Labute approximate surface area is 147 Å². The van der Waals surface area contributed by atoms with E-state index in [0.29, 0.717) is 11.1 Å². The molecule has 130 valence electrons. The molecule has 0 amide bonds. The monoisotopic (exact) mass is 338 g/mol. The predicted molar refractivity (Wildman–Crippen MR) is 96.4 cm³/mol. The van der Waals surface area contributed by atoms with Gasteiger partial charge in [0.05, 0.1) is 22.9 Å². The lowest BCUT2D eigenvalue weighted by molar-refractivity contribution is -0.149. The number of anilines is 1. The molecule has 3 rings (SSSR count). The van der Waals surface area contributed by atoms with Crippen LogP contribution in [0.25, 0.3) is 0 Å². The lowest BCUT2D eigenvalue weighted by Crippen LogP contribution is -2.40. The third kappa shape index (κ3) is 2.81. The SMILES string of the molecule is CC1=CC(/C(C)=C2/C(=O)OC(=O)C2=C(C)C)N(C)N1c1ccccc1. The Kier molecular flexibility index (Phi) is 4.35. The van der Waals surface area contributed by atoms with E-state index in [1.165, 1.54) is 0 Å². The first-order valence-electron chi connectivity index (χ1n) is 8.24. The fraction of sp³-hybridized carbons (Fsp3) is 0.300. The van der Waals surface area contributed by atoms with Crippen molar-refractivity contribution in [3.63, 3.8) is 0 Å². The average molecular weight is 338 g/mol. The zero-order valence-electron chi connectivity index (χ0n) is 15.2. The fourth-order valence-corrected chi connectivity index (χ4v) is 3.49. The molecule has 1 atom stereocenters. The molecular formula is C20H22N2O3. The number of benzene rings is 1. The van der Waals surface area contributed by atoms with Gasteiger partial charge in [0.2, 0.25) is 0 Å². The number of carbonyl (C=O) groups excluding carboxylic acids is 2. The van der Waals surface area contributed by atoms with Crippen molar-refractivity contribution >= 4 is 17.6 Å². The Morgan fingerprint density at radius 2 is 1.60 bits per heavy atom. The summed E-state index contributed by atoms with van der Waals surface area (Å²) in [5.41, 5.74) is 4.49. The van der Waals surface area contributed by atoms with Crippen LogP contribution < -0.4 is 5.01 Å². The normalized spacial score (nSPS) is 23.1. The van der Waals surface area contributed by atoms with Crippen LogP contribution in [-0.2, 0) is 14.3 Å². The van der Waals surface area contributed by atoms with E-state index in [4.69, 9.17) is 4.74 Å². The molecule has 0 spiro atoms. The number of hydrogen-bond donors (Lipinski definition) is 0. The van der Waals surface area contributed by atoms with Crippen LogP contribution in [0.4, 0.5) is 5.69 Å². The summed E-state index contributed by atoms with van der Waals surface area (Å²) in [5.74, 6) is -1.11.